The van der Waals surface area contributed by atoms with Crippen molar-refractivity contribution >= 4 is 30.7 Å². The molecule has 3 aliphatic rings. The van der Waals surface area contributed by atoms with Crippen molar-refractivity contribution in [2.45, 2.75) is 89.4 Å². The molecule has 3 N–H and O–H groups in total. The van der Waals surface area contributed by atoms with Crippen molar-refractivity contribution in [3.8, 4) is 0 Å². The Morgan fingerprint density at radius 1 is 1.15 bits per heavy atom. The zero-order valence-corrected chi connectivity index (χ0v) is 18.1. The summed E-state index contributed by atoms with van der Waals surface area (Å²) < 4.78 is 5.73. The molecular formula is C19H37Cl2N3O2. The van der Waals surface area contributed by atoms with E-state index in [1.54, 1.807) is 0 Å². The molecule has 2 aliphatic carbocycles. The van der Waals surface area contributed by atoms with E-state index in [4.69, 9.17) is 10.5 Å². The van der Waals surface area contributed by atoms with Gasteiger partial charge in [0, 0.05) is 43.6 Å². The van der Waals surface area contributed by atoms with Crippen LogP contribution in [0.4, 0.5) is 0 Å². The molecule has 0 aromatic carbocycles. The Morgan fingerprint density at radius 3 is 2.23 bits per heavy atom. The molecule has 7 heteroatoms. The Bertz CT molecular complexity index is 464. The molecule has 154 valence electrons. The Kier molecular flexibility index (Phi) is 8.68. The highest BCUT2D eigenvalue weighted by Crippen LogP contribution is 2.50. The van der Waals surface area contributed by atoms with E-state index in [1.165, 1.54) is 25.7 Å². The highest BCUT2D eigenvalue weighted by Gasteiger charge is 2.63. The van der Waals surface area contributed by atoms with Crippen LogP contribution < -0.4 is 11.1 Å². The molecule has 1 aliphatic heterocycles. The first-order chi connectivity index (χ1) is 11.4. The van der Waals surface area contributed by atoms with Crippen molar-refractivity contribution < 1.29 is 9.53 Å². The van der Waals surface area contributed by atoms with Crippen molar-refractivity contribution in [1.82, 2.24) is 10.2 Å². The second-order valence-corrected chi connectivity index (χ2v) is 8.56. The average molecular weight is 410 g/mol. The first-order valence-corrected chi connectivity index (χ1v) is 9.84. The summed E-state index contributed by atoms with van der Waals surface area (Å²) in [6.07, 6.45) is 8.29. The quantitative estimate of drug-likeness (QED) is 0.732. The molecule has 5 nitrogen and oxygen atoms in total. The van der Waals surface area contributed by atoms with Gasteiger partial charge < -0.3 is 20.7 Å². The number of rotatable bonds is 5. The zero-order valence-electron chi connectivity index (χ0n) is 16.5. The third-order valence-corrected chi connectivity index (χ3v) is 6.94. The number of nitrogens with one attached hydrogen (secondary N) is 1. The topological polar surface area (TPSA) is 67.6 Å². The summed E-state index contributed by atoms with van der Waals surface area (Å²) in [6.45, 7) is 8.99. The number of amides is 1. The molecule has 0 radical (unpaired) electrons. The second kappa shape index (κ2) is 9.42. The Hall–Kier alpha value is -0.0700. The maximum absolute atomic E-state index is 12.8. The van der Waals surface area contributed by atoms with Gasteiger partial charge in [0.2, 0.25) is 5.91 Å². The van der Waals surface area contributed by atoms with Gasteiger partial charge in [-0.05, 0) is 32.6 Å². The number of carbonyl (C=O) groups excluding carboxylic acids is 1. The Morgan fingerprint density at radius 2 is 1.73 bits per heavy atom. The van der Waals surface area contributed by atoms with E-state index >= 15 is 0 Å². The Labute approximate surface area is 171 Å². The normalized spacial score (nSPS) is 32.2. The fourth-order valence-corrected chi connectivity index (χ4v) is 4.81. The molecule has 1 amide bonds. The summed E-state index contributed by atoms with van der Waals surface area (Å²) in [5, 5.41) is 3.24. The minimum absolute atomic E-state index is 0. The lowest BCUT2D eigenvalue weighted by molar-refractivity contribution is -0.171. The van der Waals surface area contributed by atoms with E-state index in [-0.39, 0.29) is 48.3 Å². The van der Waals surface area contributed by atoms with Crippen LogP contribution >= 0.6 is 24.8 Å². The van der Waals surface area contributed by atoms with Crippen molar-refractivity contribution in [1.29, 1.82) is 0 Å². The predicted octanol–water partition coefficient (Wildman–Crippen LogP) is 2.89. The first kappa shape index (κ1) is 24.0. The van der Waals surface area contributed by atoms with Crippen LogP contribution in [0.1, 0.15) is 65.7 Å². The summed E-state index contributed by atoms with van der Waals surface area (Å²) in [5.74, 6) is 0.0165. The molecule has 1 heterocycles. The van der Waals surface area contributed by atoms with Gasteiger partial charge in [-0.15, -0.1) is 24.8 Å². The number of halogens is 2. The minimum atomic E-state index is -0.796. The number of hydrogen-bond donors (Lipinski definition) is 2. The minimum Gasteiger partial charge on any atom is -0.378 e. The summed E-state index contributed by atoms with van der Waals surface area (Å²) in [4.78, 5) is 15.4. The predicted molar refractivity (Wildman–Crippen MR) is 110 cm³/mol. The molecular weight excluding hydrogens is 373 g/mol. The molecule has 0 bridgehead atoms. The van der Waals surface area contributed by atoms with Crippen LogP contribution in [0.2, 0.25) is 0 Å². The van der Waals surface area contributed by atoms with Crippen molar-refractivity contribution in [2.75, 3.05) is 19.7 Å². The molecule has 1 saturated heterocycles. The maximum atomic E-state index is 12.8. The van der Waals surface area contributed by atoms with Crippen LogP contribution in [-0.2, 0) is 9.53 Å². The summed E-state index contributed by atoms with van der Waals surface area (Å²) in [7, 11) is 0. The van der Waals surface area contributed by atoms with Crippen molar-refractivity contribution in [3.05, 3.63) is 0 Å². The largest absolute Gasteiger partial charge is 0.378 e. The van der Waals surface area contributed by atoms with Gasteiger partial charge >= 0.3 is 0 Å². The van der Waals surface area contributed by atoms with Crippen LogP contribution in [0.5, 0.6) is 0 Å². The number of ether oxygens (including phenoxy) is 1. The fourth-order valence-electron chi connectivity index (χ4n) is 4.81. The van der Waals surface area contributed by atoms with Crippen LogP contribution in [0, 0.1) is 5.41 Å². The first-order valence-electron chi connectivity index (χ1n) is 9.84. The van der Waals surface area contributed by atoms with E-state index in [2.05, 4.69) is 24.1 Å². The fraction of sp³-hybridized carbons (Fsp3) is 0.947. The Balaban J connectivity index is 0.00000169. The number of nitrogens with two attached hydrogens (primary N) is 1. The van der Waals surface area contributed by atoms with E-state index in [0.29, 0.717) is 13.0 Å². The number of likely N-dealkylation sites (tertiary alicyclic amines) is 1. The summed E-state index contributed by atoms with van der Waals surface area (Å²) >= 11 is 0. The lowest BCUT2D eigenvalue weighted by Crippen LogP contribution is -2.76. The molecule has 0 spiro atoms. The number of piperidine rings is 1. The molecule has 0 aromatic rings. The average Bonchev–Trinajstić information content (AvgIpc) is 3.09. The van der Waals surface area contributed by atoms with Gasteiger partial charge in [-0.25, -0.2) is 0 Å². The van der Waals surface area contributed by atoms with Crippen LogP contribution in [0.25, 0.3) is 0 Å². The lowest BCUT2D eigenvalue weighted by atomic mass is 9.54. The third-order valence-electron chi connectivity index (χ3n) is 6.94. The van der Waals surface area contributed by atoms with Gasteiger partial charge in [0.05, 0.1) is 6.10 Å². The summed E-state index contributed by atoms with van der Waals surface area (Å²) in [5.41, 5.74) is 5.38. The van der Waals surface area contributed by atoms with E-state index in [9.17, 15) is 4.79 Å². The van der Waals surface area contributed by atoms with E-state index < -0.39 is 5.54 Å². The summed E-state index contributed by atoms with van der Waals surface area (Å²) in [6, 6.07) is 1.07. The molecule has 3 rings (SSSR count). The highest BCUT2D eigenvalue weighted by molar-refractivity contribution is 5.89. The SMILES string of the molecule is CCOC1CC(N)(C(=O)NC2CCN(C3CCCC3)CC2)C1(C)C.Cl.Cl. The molecule has 0 aromatic heterocycles. The van der Waals surface area contributed by atoms with Gasteiger partial charge in [-0.3, -0.25) is 4.79 Å². The smallest absolute Gasteiger partial charge is 0.241 e. The van der Waals surface area contributed by atoms with Crippen molar-refractivity contribution in [3.63, 3.8) is 0 Å². The number of hydrogen-bond acceptors (Lipinski definition) is 4. The van der Waals surface area contributed by atoms with Gasteiger partial charge in [0.1, 0.15) is 5.54 Å². The third kappa shape index (κ3) is 4.33. The van der Waals surface area contributed by atoms with Crippen molar-refractivity contribution in [2.24, 2.45) is 11.1 Å². The lowest BCUT2D eigenvalue weighted by Gasteiger charge is -2.58. The highest BCUT2D eigenvalue weighted by atomic mass is 35.5. The molecule has 2 saturated carbocycles. The molecule has 26 heavy (non-hydrogen) atoms. The van der Waals surface area contributed by atoms with Crippen LogP contribution in [0.15, 0.2) is 0 Å². The van der Waals surface area contributed by atoms with Gasteiger partial charge in [0.25, 0.3) is 0 Å². The molecule has 2 atom stereocenters. The number of nitrogens with zero attached hydrogens (tertiary/aromatic N) is 1. The number of carbonyl (C=O) groups is 1. The van der Waals surface area contributed by atoms with E-state index in [1.807, 2.05) is 6.92 Å². The monoisotopic (exact) mass is 409 g/mol. The second-order valence-electron chi connectivity index (χ2n) is 8.56. The zero-order chi connectivity index (χ0) is 17.4. The van der Waals surface area contributed by atoms with Crippen LogP contribution in [0.3, 0.4) is 0 Å². The van der Waals surface area contributed by atoms with Crippen LogP contribution in [-0.4, -0.2) is 54.2 Å². The van der Waals surface area contributed by atoms with Gasteiger partial charge in [-0.2, -0.15) is 0 Å². The van der Waals surface area contributed by atoms with Gasteiger partial charge in [0.15, 0.2) is 0 Å². The van der Waals surface area contributed by atoms with E-state index in [0.717, 1.165) is 32.0 Å². The molecule has 3 fully saturated rings. The standard InChI is InChI=1S/C19H35N3O2.2ClH/c1-4-24-16-13-19(20,18(16,2)3)17(23)21-14-9-11-22(12-10-14)15-7-5-6-8-15;;/h14-16H,4-13,20H2,1-3H3,(H,21,23);2*1H. The molecule has 2 unspecified atom stereocenters. The van der Waals surface area contributed by atoms with Gasteiger partial charge in [-0.1, -0.05) is 26.7 Å². The maximum Gasteiger partial charge on any atom is 0.241 e.